The zero-order chi connectivity index (χ0) is 21.7. The van der Waals surface area contributed by atoms with Crippen LogP contribution in [0.25, 0.3) is 22.2 Å². The normalized spacial score (nSPS) is 21.4. The van der Waals surface area contributed by atoms with Gasteiger partial charge in [0.05, 0.1) is 12.5 Å². The van der Waals surface area contributed by atoms with E-state index in [1.54, 1.807) is 7.11 Å². The predicted octanol–water partition coefficient (Wildman–Crippen LogP) is 2.47. The summed E-state index contributed by atoms with van der Waals surface area (Å²) < 4.78 is 7.58. The van der Waals surface area contributed by atoms with Crippen molar-refractivity contribution < 1.29 is 9.53 Å². The summed E-state index contributed by atoms with van der Waals surface area (Å²) in [6, 6.07) is 7.81. The Morgan fingerprint density at radius 2 is 2.03 bits per heavy atom. The van der Waals surface area contributed by atoms with Crippen LogP contribution in [0.15, 0.2) is 43.2 Å². The van der Waals surface area contributed by atoms with Crippen LogP contribution in [0.5, 0.6) is 5.75 Å². The summed E-state index contributed by atoms with van der Waals surface area (Å²) in [5, 5.41) is 0.776. The molecule has 1 saturated heterocycles. The van der Waals surface area contributed by atoms with Crippen LogP contribution in [-0.2, 0) is 11.8 Å². The minimum Gasteiger partial charge on any atom is -0.496 e. The van der Waals surface area contributed by atoms with Crippen molar-refractivity contribution in [1.29, 1.82) is 0 Å². The Balaban J connectivity index is 1.58. The van der Waals surface area contributed by atoms with Gasteiger partial charge >= 0.3 is 0 Å². The molecule has 1 aromatic carbocycles. The number of methoxy groups -OCH3 is 1. The molecule has 3 heterocycles. The Labute approximate surface area is 180 Å². The van der Waals surface area contributed by atoms with E-state index in [9.17, 15) is 4.79 Å². The van der Waals surface area contributed by atoms with E-state index in [1.165, 1.54) is 12.4 Å². The Kier molecular flexibility index (Phi) is 4.44. The lowest BCUT2D eigenvalue weighted by Gasteiger charge is -2.16. The van der Waals surface area contributed by atoms with Crippen LogP contribution < -0.4 is 10.5 Å². The molecule has 7 nitrogen and oxygen atoms in total. The third-order valence-electron chi connectivity index (χ3n) is 6.41. The number of hydrogen-bond acceptors (Lipinski definition) is 5. The van der Waals surface area contributed by atoms with Gasteiger partial charge in [0.1, 0.15) is 29.2 Å². The standard InChI is InChI=1S/C24H23N5O2/c1-4-20(30)29-11-16-14(17(16)12-29)9-10-18-21(15-7-5-6-8-19(15)31-3)22-23(25)26-13-27-24(22)28(18)2/h4-8,13-14,16-17H,1,11-12H2,2-3H3,(H2,25,26,27)/t14?,16-,17+. The second kappa shape index (κ2) is 7.17. The van der Waals surface area contributed by atoms with Gasteiger partial charge in [0.2, 0.25) is 5.91 Å². The van der Waals surface area contributed by atoms with Crippen LogP contribution in [0.3, 0.4) is 0 Å². The number of amides is 1. The van der Waals surface area contributed by atoms with Crippen molar-refractivity contribution >= 4 is 22.8 Å². The fourth-order valence-electron chi connectivity index (χ4n) is 4.74. The van der Waals surface area contributed by atoms with Gasteiger partial charge in [0, 0.05) is 37.2 Å². The van der Waals surface area contributed by atoms with Crippen LogP contribution in [0.2, 0.25) is 0 Å². The van der Waals surface area contributed by atoms with Crippen molar-refractivity contribution in [1.82, 2.24) is 19.4 Å². The number of rotatable bonds is 3. The fraction of sp³-hybridized carbons (Fsp3) is 0.292. The zero-order valence-corrected chi connectivity index (χ0v) is 17.5. The van der Waals surface area contributed by atoms with E-state index in [2.05, 4.69) is 28.4 Å². The highest BCUT2D eigenvalue weighted by Crippen LogP contribution is 2.51. The van der Waals surface area contributed by atoms with Gasteiger partial charge < -0.3 is 19.9 Å². The van der Waals surface area contributed by atoms with Gasteiger partial charge in [-0.3, -0.25) is 4.79 Å². The fourth-order valence-corrected chi connectivity index (χ4v) is 4.74. The van der Waals surface area contributed by atoms with Crippen LogP contribution in [0.1, 0.15) is 5.69 Å². The average Bonchev–Trinajstić information content (AvgIpc) is 3.11. The molecule has 1 amide bonds. The van der Waals surface area contributed by atoms with E-state index in [0.717, 1.165) is 46.7 Å². The number of carbonyl (C=O) groups excluding carboxylic acids is 1. The van der Waals surface area contributed by atoms with Crippen molar-refractivity contribution in [2.75, 3.05) is 25.9 Å². The molecule has 5 rings (SSSR count). The first-order valence-corrected chi connectivity index (χ1v) is 10.2. The van der Waals surface area contributed by atoms with Crippen LogP contribution >= 0.6 is 0 Å². The highest BCUT2D eigenvalue weighted by molar-refractivity contribution is 6.04. The quantitative estimate of drug-likeness (QED) is 0.527. The molecule has 1 aliphatic carbocycles. The molecule has 3 atom stereocenters. The van der Waals surface area contributed by atoms with Gasteiger partial charge in [-0.05, 0) is 29.9 Å². The number of hydrogen-bond donors (Lipinski definition) is 1. The number of carbonyl (C=O) groups is 1. The molecule has 2 aromatic heterocycles. The number of aryl methyl sites for hydroxylation is 1. The number of fused-ring (bicyclic) bond motifs is 2. The summed E-state index contributed by atoms with van der Waals surface area (Å²) in [7, 11) is 3.59. The van der Waals surface area contributed by atoms with Crippen molar-refractivity contribution in [3.8, 4) is 28.7 Å². The maximum absolute atomic E-state index is 11.8. The molecule has 2 fully saturated rings. The molecular formula is C24H23N5O2. The monoisotopic (exact) mass is 413 g/mol. The molecule has 156 valence electrons. The second-order valence-corrected chi connectivity index (χ2v) is 8.01. The number of piperidine rings is 1. The first-order chi connectivity index (χ1) is 15.0. The molecule has 1 saturated carbocycles. The van der Waals surface area contributed by atoms with Crippen LogP contribution in [-0.4, -0.2) is 45.5 Å². The third-order valence-corrected chi connectivity index (χ3v) is 6.41. The summed E-state index contributed by atoms with van der Waals surface area (Å²) in [6.45, 7) is 5.08. The summed E-state index contributed by atoms with van der Waals surface area (Å²) >= 11 is 0. The van der Waals surface area contributed by atoms with Crippen molar-refractivity contribution in [3.63, 3.8) is 0 Å². The zero-order valence-electron chi connectivity index (χ0n) is 17.5. The lowest BCUT2D eigenvalue weighted by atomic mass is 10.0. The maximum Gasteiger partial charge on any atom is 0.245 e. The number of ether oxygens (including phenoxy) is 1. The molecule has 2 N–H and O–H groups in total. The number of anilines is 1. The Hall–Kier alpha value is -3.79. The van der Waals surface area contributed by atoms with Gasteiger partial charge in [-0.25, -0.2) is 9.97 Å². The molecule has 1 aliphatic heterocycles. The summed E-state index contributed by atoms with van der Waals surface area (Å²) in [5.74, 6) is 9.18. The number of nitrogens with zero attached hydrogens (tertiary/aromatic N) is 4. The summed E-state index contributed by atoms with van der Waals surface area (Å²) in [5.41, 5.74) is 9.62. The largest absolute Gasteiger partial charge is 0.496 e. The second-order valence-electron chi connectivity index (χ2n) is 8.01. The topological polar surface area (TPSA) is 86.3 Å². The highest BCUT2D eigenvalue weighted by atomic mass is 16.5. The van der Waals surface area contributed by atoms with E-state index in [1.807, 2.05) is 40.8 Å². The van der Waals surface area contributed by atoms with E-state index < -0.39 is 0 Å². The molecule has 0 bridgehead atoms. The molecule has 1 unspecified atom stereocenters. The van der Waals surface area contributed by atoms with E-state index in [0.29, 0.717) is 23.6 Å². The number of likely N-dealkylation sites (tertiary alicyclic amines) is 1. The van der Waals surface area contributed by atoms with E-state index in [-0.39, 0.29) is 5.91 Å². The molecule has 7 heteroatoms. The molecule has 3 aromatic rings. The predicted molar refractivity (Wildman–Crippen MR) is 119 cm³/mol. The number of benzene rings is 1. The van der Waals surface area contributed by atoms with Gasteiger partial charge in [0.25, 0.3) is 0 Å². The van der Waals surface area contributed by atoms with E-state index >= 15 is 0 Å². The SMILES string of the molecule is C=CC(=O)N1C[C@@H]2C(C#Cc3c(-c4ccccc4OC)c4c(N)ncnc4n3C)[C@@H]2C1. The highest BCUT2D eigenvalue weighted by Gasteiger charge is 2.55. The molecule has 2 aliphatic rings. The average molecular weight is 413 g/mol. The Morgan fingerprint density at radius 3 is 2.74 bits per heavy atom. The van der Waals surface area contributed by atoms with Crippen molar-refractivity contribution in [2.24, 2.45) is 24.8 Å². The van der Waals surface area contributed by atoms with Crippen LogP contribution in [0, 0.1) is 29.6 Å². The maximum atomic E-state index is 11.8. The molecule has 0 radical (unpaired) electrons. The lowest BCUT2D eigenvalue weighted by Crippen LogP contribution is -2.29. The molecule has 31 heavy (non-hydrogen) atoms. The van der Waals surface area contributed by atoms with Crippen LogP contribution in [0.4, 0.5) is 5.82 Å². The number of para-hydroxylation sites is 1. The lowest BCUT2D eigenvalue weighted by molar-refractivity contribution is -0.125. The van der Waals surface area contributed by atoms with Gasteiger partial charge in [-0.1, -0.05) is 30.7 Å². The Morgan fingerprint density at radius 1 is 1.29 bits per heavy atom. The molecule has 0 spiro atoms. The smallest absolute Gasteiger partial charge is 0.245 e. The van der Waals surface area contributed by atoms with Crippen molar-refractivity contribution in [2.45, 2.75) is 0 Å². The van der Waals surface area contributed by atoms with E-state index in [4.69, 9.17) is 10.5 Å². The summed E-state index contributed by atoms with van der Waals surface area (Å²) in [6.07, 6.45) is 2.85. The first-order valence-electron chi connectivity index (χ1n) is 10.2. The number of aromatic nitrogens is 3. The number of nitrogens with two attached hydrogens (primary N) is 1. The molecular weight excluding hydrogens is 390 g/mol. The van der Waals surface area contributed by atoms with Gasteiger partial charge in [0.15, 0.2) is 0 Å². The van der Waals surface area contributed by atoms with Crippen molar-refractivity contribution in [3.05, 3.63) is 48.9 Å². The number of nitrogen functional groups attached to an aromatic ring is 1. The van der Waals surface area contributed by atoms with Gasteiger partial charge in [-0.2, -0.15) is 0 Å². The first kappa shape index (κ1) is 19.2. The summed E-state index contributed by atoms with van der Waals surface area (Å²) in [4.78, 5) is 22.4. The Bertz CT molecular complexity index is 1270. The minimum absolute atomic E-state index is 0.0000943. The van der Waals surface area contributed by atoms with Gasteiger partial charge in [-0.15, -0.1) is 0 Å². The third kappa shape index (κ3) is 2.95. The minimum atomic E-state index is 0.0000943.